The zero-order valence-electron chi connectivity index (χ0n) is 11.2. The van der Waals surface area contributed by atoms with Crippen LogP contribution in [-0.2, 0) is 11.3 Å². The quantitative estimate of drug-likeness (QED) is 0.879. The van der Waals surface area contributed by atoms with E-state index in [1.54, 1.807) is 18.3 Å². The highest BCUT2D eigenvalue weighted by Crippen LogP contribution is 2.37. The van der Waals surface area contributed by atoms with Gasteiger partial charge in [0.15, 0.2) is 0 Å². The highest BCUT2D eigenvalue weighted by molar-refractivity contribution is 6.30. The number of ether oxygens (including phenoxy) is 1. The van der Waals surface area contributed by atoms with E-state index < -0.39 is 11.8 Å². The molecular weight excluding hydrogens is 295 g/mol. The van der Waals surface area contributed by atoms with E-state index in [4.69, 9.17) is 22.1 Å². The molecule has 1 aromatic heterocycles. The molecule has 0 unspecified atom stereocenters. The minimum absolute atomic E-state index is 0.141. The zero-order valence-corrected chi connectivity index (χ0v) is 11.9. The molecule has 0 aliphatic heterocycles. The van der Waals surface area contributed by atoms with Gasteiger partial charge in [-0.25, -0.2) is 9.18 Å². The SMILES string of the molecule is Nc1cc(C(=O)OCc2ccc(Cl)cc2F)n(C2CC2)c1. The Morgan fingerprint density at radius 1 is 1.43 bits per heavy atom. The molecule has 0 radical (unpaired) electrons. The fourth-order valence-electron chi connectivity index (χ4n) is 2.17. The summed E-state index contributed by atoms with van der Waals surface area (Å²) in [5, 5.41) is 0.304. The third-order valence-electron chi connectivity index (χ3n) is 3.39. The van der Waals surface area contributed by atoms with Crippen LogP contribution in [0.2, 0.25) is 5.02 Å². The fraction of sp³-hybridized carbons (Fsp3) is 0.267. The molecule has 110 valence electrons. The molecule has 1 aromatic carbocycles. The molecule has 21 heavy (non-hydrogen) atoms. The molecule has 0 atom stereocenters. The summed E-state index contributed by atoms with van der Waals surface area (Å²) in [5.74, 6) is -1.000. The molecule has 2 N–H and O–H groups in total. The van der Waals surface area contributed by atoms with E-state index in [2.05, 4.69) is 0 Å². The number of aromatic nitrogens is 1. The minimum Gasteiger partial charge on any atom is -0.456 e. The van der Waals surface area contributed by atoms with Gasteiger partial charge in [0, 0.05) is 22.8 Å². The maximum absolute atomic E-state index is 13.6. The van der Waals surface area contributed by atoms with Gasteiger partial charge in [0.1, 0.15) is 18.1 Å². The Balaban J connectivity index is 1.72. The van der Waals surface area contributed by atoms with Crippen LogP contribution < -0.4 is 5.73 Å². The Kier molecular flexibility index (Phi) is 3.59. The van der Waals surface area contributed by atoms with Crippen molar-refractivity contribution in [1.82, 2.24) is 4.57 Å². The topological polar surface area (TPSA) is 57.3 Å². The Hall–Kier alpha value is -2.01. The lowest BCUT2D eigenvalue weighted by Gasteiger charge is -2.08. The average molecular weight is 309 g/mol. The molecule has 1 aliphatic carbocycles. The summed E-state index contributed by atoms with van der Waals surface area (Å²) < 4.78 is 20.6. The van der Waals surface area contributed by atoms with Crippen LogP contribution in [-0.4, -0.2) is 10.5 Å². The molecule has 0 spiro atoms. The Bertz CT molecular complexity index is 695. The summed E-state index contributed by atoms with van der Waals surface area (Å²) in [6.07, 6.45) is 3.79. The Labute approximate surface area is 126 Å². The molecule has 3 rings (SSSR count). The molecule has 1 saturated carbocycles. The van der Waals surface area contributed by atoms with Gasteiger partial charge in [-0.05, 0) is 31.0 Å². The van der Waals surface area contributed by atoms with Crippen molar-refractivity contribution in [3.63, 3.8) is 0 Å². The van der Waals surface area contributed by atoms with E-state index in [0.717, 1.165) is 12.8 Å². The van der Waals surface area contributed by atoms with Gasteiger partial charge in [-0.15, -0.1) is 0 Å². The molecule has 1 aliphatic rings. The van der Waals surface area contributed by atoms with Gasteiger partial charge >= 0.3 is 5.97 Å². The van der Waals surface area contributed by atoms with Crippen LogP contribution in [0.4, 0.5) is 10.1 Å². The van der Waals surface area contributed by atoms with E-state index in [0.29, 0.717) is 22.4 Å². The lowest BCUT2D eigenvalue weighted by atomic mass is 10.2. The molecule has 0 amide bonds. The van der Waals surface area contributed by atoms with Gasteiger partial charge in [-0.1, -0.05) is 17.7 Å². The minimum atomic E-state index is -0.507. The van der Waals surface area contributed by atoms with Gasteiger partial charge in [0.25, 0.3) is 0 Å². The van der Waals surface area contributed by atoms with E-state index in [1.807, 2.05) is 4.57 Å². The highest BCUT2D eigenvalue weighted by Gasteiger charge is 2.28. The van der Waals surface area contributed by atoms with Crippen molar-refractivity contribution in [2.75, 3.05) is 5.73 Å². The number of hydrogen-bond donors (Lipinski definition) is 1. The maximum atomic E-state index is 13.6. The first kappa shape index (κ1) is 13.9. The maximum Gasteiger partial charge on any atom is 0.355 e. The number of anilines is 1. The smallest absolute Gasteiger partial charge is 0.355 e. The molecular formula is C15H14ClFN2O2. The van der Waals surface area contributed by atoms with Crippen molar-refractivity contribution in [2.45, 2.75) is 25.5 Å². The van der Waals surface area contributed by atoms with Gasteiger partial charge in [-0.3, -0.25) is 0 Å². The molecule has 1 heterocycles. The van der Waals surface area contributed by atoms with Crippen LogP contribution in [0.25, 0.3) is 0 Å². The second kappa shape index (κ2) is 5.41. The molecule has 0 bridgehead atoms. The van der Waals surface area contributed by atoms with Gasteiger partial charge in [0.2, 0.25) is 0 Å². The summed E-state index contributed by atoms with van der Waals surface area (Å²) in [4.78, 5) is 12.1. The number of carbonyl (C=O) groups is 1. The Morgan fingerprint density at radius 3 is 2.86 bits per heavy atom. The van der Waals surface area contributed by atoms with Crippen molar-refractivity contribution in [3.8, 4) is 0 Å². The van der Waals surface area contributed by atoms with Crippen LogP contribution in [0.3, 0.4) is 0 Å². The van der Waals surface area contributed by atoms with Crippen molar-refractivity contribution >= 4 is 23.3 Å². The summed E-state index contributed by atoms with van der Waals surface area (Å²) in [6.45, 7) is -0.141. The second-order valence-corrected chi connectivity index (χ2v) is 5.55. The predicted octanol–water partition coefficient (Wildman–Crippen LogP) is 3.55. The number of nitrogen functional groups attached to an aromatic ring is 1. The standard InChI is InChI=1S/C15H14ClFN2O2/c16-10-2-1-9(13(17)5-10)8-21-15(20)14-6-11(18)7-19(14)12-3-4-12/h1-2,5-7,12H,3-4,8,18H2. The van der Waals surface area contributed by atoms with Crippen LogP contribution in [0.5, 0.6) is 0 Å². The van der Waals surface area contributed by atoms with E-state index in [9.17, 15) is 9.18 Å². The third-order valence-corrected chi connectivity index (χ3v) is 3.63. The third kappa shape index (κ3) is 3.03. The Morgan fingerprint density at radius 2 is 2.19 bits per heavy atom. The molecule has 4 nitrogen and oxygen atoms in total. The second-order valence-electron chi connectivity index (χ2n) is 5.11. The van der Waals surface area contributed by atoms with Gasteiger partial charge < -0.3 is 15.0 Å². The number of hydrogen-bond acceptors (Lipinski definition) is 3. The van der Waals surface area contributed by atoms with Crippen molar-refractivity contribution < 1.29 is 13.9 Å². The predicted molar refractivity (Wildman–Crippen MR) is 77.6 cm³/mol. The molecule has 0 saturated heterocycles. The first-order chi connectivity index (χ1) is 10.0. The number of halogens is 2. The van der Waals surface area contributed by atoms with Gasteiger partial charge in [0.05, 0.1) is 5.69 Å². The average Bonchev–Trinajstić information content (AvgIpc) is 3.20. The van der Waals surface area contributed by atoms with Crippen molar-refractivity contribution in [3.05, 3.63) is 52.6 Å². The normalized spacial score (nSPS) is 14.2. The number of nitrogens with two attached hydrogens (primary N) is 1. The number of esters is 1. The summed E-state index contributed by atoms with van der Waals surface area (Å²) >= 11 is 5.68. The highest BCUT2D eigenvalue weighted by atomic mass is 35.5. The van der Waals surface area contributed by atoms with Crippen molar-refractivity contribution in [2.24, 2.45) is 0 Å². The summed E-state index contributed by atoms with van der Waals surface area (Å²) in [5.41, 5.74) is 6.94. The fourth-order valence-corrected chi connectivity index (χ4v) is 2.33. The first-order valence-corrected chi connectivity index (χ1v) is 7.01. The molecule has 6 heteroatoms. The van der Waals surface area contributed by atoms with E-state index in [-0.39, 0.29) is 12.2 Å². The largest absolute Gasteiger partial charge is 0.456 e. The van der Waals surface area contributed by atoms with E-state index in [1.165, 1.54) is 12.1 Å². The lowest BCUT2D eigenvalue weighted by Crippen LogP contribution is -2.11. The number of carbonyl (C=O) groups excluding carboxylic acids is 1. The van der Waals surface area contributed by atoms with Crippen LogP contribution >= 0.6 is 11.6 Å². The van der Waals surface area contributed by atoms with Crippen LogP contribution in [0, 0.1) is 5.82 Å². The number of benzene rings is 1. The van der Waals surface area contributed by atoms with Crippen LogP contribution in [0.1, 0.15) is 34.9 Å². The first-order valence-electron chi connectivity index (χ1n) is 6.63. The van der Waals surface area contributed by atoms with Crippen LogP contribution in [0.15, 0.2) is 30.5 Å². The summed E-state index contributed by atoms with van der Waals surface area (Å²) in [6, 6.07) is 6.14. The monoisotopic (exact) mass is 308 g/mol. The zero-order chi connectivity index (χ0) is 15.0. The molecule has 2 aromatic rings. The van der Waals surface area contributed by atoms with Gasteiger partial charge in [-0.2, -0.15) is 0 Å². The lowest BCUT2D eigenvalue weighted by molar-refractivity contribution is 0.0456. The number of nitrogens with zero attached hydrogens (tertiary/aromatic N) is 1. The summed E-state index contributed by atoms with van der Waals surface area (Å²) in [7, 11) is 0. The molecule has 1 fully saturated rings. The number of rotatable bonds is 4. The van der Waals surface area contributed by atoms with E-state index >= 15 is 0 Å². The van der Waals surface area contributed by atoms with Crippen molar-refractivity contribution in [1.29, 1.82) is 0 Å².